The lowest BCUT2D eigenvalue weighted by atomic mass is 10.0. The third kappa shape index (κ3) is 32.7. The van der Waals surface area contributed by atoms with Crippen molar-refractivity contribution in [3.63, 3.8) is 0 Å². The number of aromatic amines is 1. The fourth-order valence-electron chi connectivity index (χ4n) is 10.7. The van der Waals surface area contributed by atoms with Crippen LogP contribution in [0.25, 0.3) is 0 Å². The molecule has 4 rings (SSSR count). The molecule has 25 N–H and O–H groups in total. The molecule has 14 atom stereocenters. The van der Waals surface area contributed by atoms with Crippen LogP contribution in [0.2, 0.25) is 0 Å². The Hall–Kier alpha value is -11.2. The molecule has 0 saturated carbocycles. The van der Waals surface area contributed by atoms with Crippen molar-refractivity contribution in [2.24, 2.45) is 17.2 Å². The maximum Gasteiger partial charge on any atom is 0.325 e. The van der Waals surface area contributed by atoms with Gasteiger partial charge in [0.25, 0.3) is 0 Å². The minimum absolute atomic E-state index is 0.00594. The number of rotatable bonds is 48. The highest BCUT2D eigenvalue weighted by Gasteiger charge is 2.38. The quantitative estimate of drug-likeness (QED) is 0.00846. The predicted molar refractivity (Wildman–Crippen MR) is 405 cm³/mol. The summed E-state index contributed by atoms with van der Waals surface area (Å²) in [5.41, 5.74) is 18.8. The minimum Gasteiger partial charge on any atom is -0.480 e. The molecule has 1 heterocycles. The van der Waals surface area contributed by atoms with Crippen LogP contribution in [0.5, 0.6) is 0 Å². The van der Waals surface area contributed by atoms with Crippen molar-refractivity contribution in [3.8, 4) is 0 Å². The molecule has 0 bridgehead atoms. The van der Waals surface area contributed by atoms with Crippen molar-refractivity contribution >= 4 is 120 Å². The zero-order valence-corrected chi connectivity index (χ0v) is 62.8. The lowest BCUT2D eigenvalue weighted by Gasteiger charge is -2.29. The molecule has 0 aliphatic carbocycles. The molecule has 38 nitrogen and oxygen atoms in total. The van der Waals surface area contributed by atoms with Gasteiger partial charge in [0.2, 0.25) is 82.7 Å². The number of nitrogens with one attached hydrogen (secondary N) is 16. The summed E-state index contributed by atoms with van der Waals surface area (Å²) in [6, 6.07) is 6.99. The van der Waals surface area contributed by atoms with Gasteiger partial charge in [0.15, 0.2) is 5.96 Å². The van der Waals surface area contributed by atoms with E-state index >= 15 is 0 Å². The number of nitrogens with zero attached hydrogens (tertiary/aromatic N) is 1. The fourth-order valence-corrected chi connectivity index (χ4v) is 11.2. The normalized spacial score (nSPS) is 14.8. The summed E-state index contributed by atoms with van der Waals surface area (Å²) in [6.07, 6.45) is -1.80. The number of primary amides is 1. The molecule has 3 aromatic carbocycles. The van der Waals surface area contributed by atoms with Crippen LogP contribution in [-0.4, -0.2) is 236 Å². The third-order valence-corrected chi connectivity index (χ3v) is 17.3. The van der Waals surface area contributed by atoms with E-state index in [1.807, 2.05) is 0 Å². The Morgan fingerprint density at radius 1 is 0.464 bits per heavy atom. The number of H-pyrrole nitrogens is 1. The number of carbonyl (C=O) groups is 15. The second-order valence-electron chi connectivity index (χ2n) is 25.7. The van der Waals surface area contributed by atoms with Gasteiger partial charge in [0.05, 0.1) is 31.5 Å². The molecular formula is C70H100N20O18S2. The number of aliphatic hydroxyl groups is 2. The minimum atomic E-state index is -1.88. The number of hydrogen-bond acceptors (Lipinski definition) is 22. The fraction of sp³-hybridized carbons (Fsp3) is 0.471. The van der Waals surface area contributed by atoms with E-state index in [1.54, 1.807) is 91.0 Å². The van der Waals surface area contributed by atoms with Crippen molar-refractivity contribution in [1.29, 1.82) is 5.41 Å². The topological polar surface area (TPSA) is 616 Å². The highest BCUT2D eigenvalue weighted by molar-refractivity contribution is 7.80. The number of guanidine groups is 1. The molecular weight excluding hydrogens is 1470 g/mol. The first kappa shape index (κ1) is 91.2. The number of unbranched alkanes of at least 4 members (excludes halogenated alkanes) is 1. The van der Waals surface area contributed by atoms with E-state index in [2.05, 4.69) is 110 Å². The van der Waals surface area contributed by atoms with Gasteiger partial charge in [0, 0.05) is 62.5 Å². The van der Waals surface area contributed by atoms with Gasteiger partial charge in [-0.05, 0) is 76.1 Å². The first-order chi connectivity index (χ1) is 52.2. The number of nitrogens with two attached hydrogens (primary N) is 3. The Labute approximate surface area is 644 Å². The number of thiol groups is 2. The molecule has 0 fully saturated rings. The van der Waals surface area contributed by atoms with Gasteiger partial charge in [-0.1, -0.05) is 91.0 Å². The van der Waals surface area contributed by atoms with Gasteiger partial charge < -0.3 is 112 Å². The van der Waals surface area contributed by atoms with Gasteiger partial charge in [-0.15, -0.1) is 0 Å². The number of carboxylic acid groups (broad SMARTS) is 1. The summed E-state index contributed by atoms with van der Waals surface area (Å²) in [6.45, 7) is 3.83. The van der Waals surface area contributed by atoms with E-state index in [0.717, 1.165) is 13.8 Å². The number of imidazole rings is 1. The van der Waals surface area contributed by atoms with Gasteiger partial charge in [0.1, 0.15) is 72.5 Å². The molecule has 0 radical (unpaired) electrons. The van der Waals surface area contributed by atoms with Crippen LogP contribution >= 0.6 is 25.3 Å². The molecule has 0 aliphatic rings. The van der Waals surface area contributed by atoms with Crippen LogP contribution in [0.3, 0.4) is 0 Å². The van der Waals surface area contributed by atoms with E-state index in [9.17, 15) is 87.2 Å². The van der Waals surface area contributed by atoms with E-state index in [4.69, 9.17) is 22.6 Å². The summed E-state index contributed by atoms with van der Waals surface area (Å²) in [5.74, 6) is -16.6. The summed E-state index contributed by atoms with van der Waals surface area (Å²) in [7, 11) is 0. The van der Waals surface area contributed by atoms with Crippen LogP contribution in [0, 0.1) is 5.41 Å². The molecule has 14 amide bonds. The van der Waals surface area contributed by atoms with Crippen molar-refractivity contribution < 1.29 is 87.2 Å². The largest absolute Gasteiger partial charge is 0.480 e. The highest BCUT2D eigenvalue weighted by Crippen LogP contribution is 2.13. The van der Waals surface area contributed by atoms with Crippen LogP contribution < -0.4 is 91.6 Å². The molecule has 600 valence electrons. The molecule has 0 aliphatic heterocycles. The number of aliphatic carboxylic acids is 1. The Morgan fingerprint density at radius 2 is 0.845 bits per heavy atom. The molecule has 1 unspecified atom stereocenters. The van der Waals surface area contributed by atoms with Crippen LogP contribution in [0.15, 0.2) is 104 Å². The Bertz CT molecular complexity index is 3760. The lowest BCUT2D eigenvalue weighted by molar-refractivity contribution is -0.142. The van der Waals surface area contributed by atoms with Crippen LogP contribution in [0.4, 0.5) is 0 Å². The van der Waals surface area contributed by atoms with E-state index in [0.29, 0.717) is 28.8 Å². The Kier molecular flexibility index (Phi) is 39.4. The molecule has 0 saturated heterocycles. The number of carbonyl (C=O) groups excluding carboxylic acids is 14. The first-order valence-electron chi connectivity index (χ1n) is 35.1. The smallest absolute Gasteiger partial charge is 0.325 e. The van der Waals surface area contributed by atoms with Gasteiger partial charge >= 0.3 is 5.97 Å². The number of benzene rings is 3. The third-order valence-electron chi connectivity index (χ3n) is 16.6. The van der Waals surface area contributed by atoms with Gasteiger partial charge in [-0.3, -0.25) is 77.3 Å². The maximum absolute atomic E-state index is 14.7. The second kappa shape index (κ2) is 47.5. The van der Waals surface area contributed by atoms with Crippen LogP contribution in [0.1, 0.15) is 88.6 Å². The summed E-state index contributed by atoms with van der Waals surface area (Å²) < 4.78 is 0. The maximum atomic E-state index is 14.7. The number of aromatic nitrogens is 2. The van der Waals surface area contributed by atoms with Crippen LogP contribution in [-0.2, 0) is 97.6 Å². The second-order valence-corrected chi connectivity index (χ2v) is 26.4. The van der Waals surface area contributed by atoms with E-state index in [-0.39, 0.29) is 64.5 Å². The lowest BCUT2D eigenvalue weighted by Crippen LogP contribution is -2.62. The molecule has 4 aromatic rings. The SMILES string of the molecule is CC(=O)N[C@H](Cc1ccccc1)C(=O)N[C@H](Cc1ccccc1)C(=O)N[C@H](Cc1cnc[nH]1)C(=O)N[C@H](CCCNC(=N)N)C(=O)N[C@@H](C(=O)N[C@H](CS)C(=O)N[C@H](CCCCN)C(=O)N[C@H](CS)C(=O)NC(C(=O)NCC(=O)N[C@H](CC(N)=O)C(=O)N[C@H](Cc1ccccc1)C(=O)N[C@@H](C)C(=O)O)[C@@H](C)O)[C@H](C)O. The standard InChI is InChI=1S/C70H100N20O18S2/c1-37(69(107)108)79-60(98)48(28-42-19-10-6-11-20-42)84-64(102)51(31-54(72)94)81-55(95)33-77-67(105)56(38(2)91)89-66(104)53(35-110)87-58(96)45(23-14-15-25-71)83-65(103)52(34-109)88-68(106)57(39(3)92)90-59(97)46(24-16-26-76-70(73)74)82-63(101)50(30-44-32-75-36-78-44)86-62(100)49(29-43-21-12-7-13-22-43)85-61(99)47(80-40(4)93)27-41-17-8-5-9-18-41/h5-13,17-22,32,36-39,45-53,56-57,91-92,109-110H,14-16,23-31,33-35,71H2,1-4H3,(H2,72,94)(H,75,78)(H,77,105)(H,79,98)(H,80,93)(H,81,95)(H,82,101)(H,83,103)(H,84,102)(H,85,99)(H,86,100)(H,87,96)(H,88,106)(H,89,104)(H,90,97)(H,107,108)(H4,73,74,76)/t37-,38+,39-,45+,46+,47+,48+,49+,50+,51+,52+,53+,56?,57+/m0/s1. The van der Waals surface area contributed by atoms with Gasteiger partial charge in [-0.25, -0.2) is 4.98 Å². The average Bonchev–Trinajstić information content (AvgIpc) is 1.02. The summed E-state index contributed by atoms with van der Waals surface area (Å²) >= 11 is 8.45. The molecule has 0 spiro atoms. The number of hydrogen-bond donors (Lipinski definition) is 24. The summed E-state index contributed by atoms with van der Waals surface area (Å²) in [5, 5.41) is 73.1. The van der Waals surface area contributed by atoms with Crippen molar-refractivity contribution in [3.05, 3.63) is 126 Å². The molecule has 110 heavy (non-hydrogen) atoms. The highest BCUT2D eigenvalue weighted by atomic mass is 32.1. The van der Waals surface area contributed by atoms with Gasteiger partial charge in [-0.2, -0.15) is 25.3 Å². The zero-order chi connectivity index (χ0) is 81.6. The van der Waals surface area contributed by atoms with E-state index < -0.39 is 204 Å². The van der Waals surface area contributed by atoms with Crippen molar-refractivity contribution in [2.75, 3.05) is 31.1 Å². The molecule has 40 heteroatoms. The monoisotopic (exact) mass is 1570 g/mol. The van der Waals surface area contributed by atoms with Crippen molar-refractivity contribution in [1.82, 2.24) is 84.4 Å². The summed E-state index contributed by atoms with van der Waals surface area (Å²) in [4.78, 5) is 211. The zero-order valence-electron chi connectivity index (χ0n) is 61.0. The average molecular weight is 1570 g/mol. The Balaban J connectivity index is 1.49. The van der Waals surface area contributed by atoms with Crippen molar-refractivity contribution in [2.45, 2.75) is 177 Å². The number of amides is 14. The number of aliphatic hydroxyl groups excluding tert-OH is 2. The predicted octanol–water partition coefficient (Wildman–Crippen LogP) is -6.37. The Morgan fingerprint density at radius 3 is 1.26 bits per heavy atom. The van der Waals surface area contributed by atoms with E-state index in [1.165, 1.54) is 26.4 Å². The first-order valence-corrected chi connectivity index (χ1v) is 36.3. The number of carboxylic acids is 1. The molecule has 1 aromatic heterocycles.